The summed E-state index contributed by atoms with van der Waals surface area (Å²) in [6.45, 7) is 6.97. The smallest absolute Gasteiger partial charge is 0.0825 e. The van der Waals surface area contributed by atoms with E-state index in [4.69, 9.17) is 0 Å². The van der Waals surface area contributed by atoms with Crippen LogP contribution < -0.4 is 5.32 Å². The van der Waals surface area contributed by atoms with Crippen LogP contribution in [0.1, 0.15) is 22.5 Å². The Bertz CT molecular complexity index is 466. The van der Waals surface area contributed by atoms with Crippen LogP contribution in [0.25, 0.3) is 0 Å². The van der Waals surface area contributed by atoms with Crippen LogP contribution in [0.2, 0.25) is 0 Å². The van der Waals surface area contributed by atoms with Gasteiger partial charge in [0, 0.05) is 6.54 Å². The summed E-state index contributed by atoms with van der Waals surface area (Å²) in [5.41, 5.74) is 5.80. The van der Waals surface area contributed by atoms with Gasteiger partial charge in [-0.2, -0.15) is 5.10 Å². The van der Waals surface area contributed by atoms with Crippen molar-refractivity contribution in [1.82, 2.24) is 10.2 Å². The minimum Gasteiger partial charge on any atom is -0.378 e. The molecule has 2 rings (SSSR count). The molecule has 2 N–H and O–H groups in total. The second-order valence-electron chi connectivity index (χ2n) is 4.15. The van der Waals surface area contributed by atoms with E-state index in [9.17, 15) is 0 Å². The largest absolute Gasteiger partial charge is 0.378 e. The molecule has 3 heteroatoms. The Hall–Kier alpha value is -1.77. The highest BCUT2D eigenvalue weighted by Crippen LogP contribution is 2.17. The lowest BCUT2D eigenvalue weighted by Gasteiger charge is -2.07. The van der Waals surface area contributed by atoms with E-state index in [-0.39, 0.29) is 0 Å². The summed E-state index contributed by atoms with van der Waals surface area (Å²) in [5.74, 6) is 0. The quantitative estimate of drug-likeness (QED) is 0.826. The van der Waals surface area contributed by atoms with Gasteiger partial charge in [-0.25, -0.2) is 0 Å². The van der Waals surface area contributed by atoms with Gasteiger partial charge in [-0.1, -0.05) is 29.8 Å². The molecule has 0 saturated heterocycles. The molecule has 3 nitrogen and oxygen atoms in total. The number of aryl methyl sites for hydroxylation is 3. The Balaban J connectivity index is 2.08. The second-order valence-corrected chi connectivity index (χ2v) is 4.15. The first-order valence-corrected chi connectivity index (χ1v) is 5.48. The topological polar surface area (TPSA) is 40.7 Å². The molecule has 0 saturated carbocycles. The minimum atomic E-state index is 0.836. The number of nitrogens with one attached hydrogen (secondary N) is 2. The number of H-pyrrole nitrogens is 1. The van der Waals surface area contributed by atoms with E-state index < -0.39 is 0 Å². The molecule has 0 atom stereocenters. The average Bonchev–Trinajstić information content (AvgIpc) is 2.56. The zero-order chi connectivity index (χ0) is 11.5. The predicted molar refractivity (Wildman–Crippen MR) is 66.6 cm³/mol. The lowest BCUT2D eigenvalue weighted by atomic mass is 10.1. The van der Waals surface area contributed by atoms with Gasteiger partial charge in [0.2, 0.25) is 0 Å². The third kappa shape index (κ3) is 2.24. The van der Waals surface area contributed by atoms with E-state index in [0.29, 0.717) is 0 Å². The van der Waals surface area contributed by atoms with Crippen LogP contribution in [-0.2, 0) is 6.54 Å². The van der Waals surface area contributed by atoms with Crippen molar-refractivity contribution in [3.8, 4) is 0 Å². The van der Waals surface area contributed by atoms with E-state index in [1.807, 2.05) is 13.8 Å². The third-order valence-corrected chi connectivity index (χ3v) is 2.68. The van der Waals surface area contributed by atoms with Gasteiger partial charge in [0.15, 0.2) is 0 Å². The lowest BCUT2D eigenvalue weighted by molar-refractivity contribution is 1.02. The Labute approximate surface area is 95.9 Å². The fraction of sp³-hybridized carbons (Fsp3) is 0.308. The van der Waals surface area contributed by atoms with E-state index >= 15 is 0 Å². The van der Waals surface area contributed by atoms with Crippen molar-refractivity contribution in [3.05, 3.63) is 46.8 Å². The molecular formula is C13H17N3. The zero-order valence-electron chi connectivity index (χ0n) is 9.96. The van der Waals surface area contributed by atoms with Gasteiger partial charge in [0.1, 0.15) is 0 Å². The van der Waals surface area contributed by atoms with E-state index in [0.717, 1.165) is 23.6 Å². The molecule has 1 aromatic heterocycles. The molecule has 2 aromatic rings. The van der Waals surface area contributed by atoms with Crippen LogP contribution in [0.15, 0.2) is 24.3 Å². The van der Waals surface area contributed by atoms with Gasteiger partial charge in [0.25, 0.3) is 0 Å². The Morgan fingerprint density at radius 2 is 2.06 bits per heavy atom. The van der Waals surface area contributed by atoms with E-state index in [2.05, 4.69) is 46.7 Å². The minimum absolute atomic E-state index is 0.836. The van der Waals surface area contributed by atoms with Crippen molar-refractivity contribution in [2.45, 2.75) is 27.3 Å². The second kappa shape index (κ2) is 4.39. The summed E-state index contributed by atoms with van der Waals surface area (Å²) in [4.78, 5) is 0. The third-order valence-electron chi connectivity index (χ3n) is 2.68. The average molecular weight is 215 g/mol. The highest BCUT2D eigenvalue weighted by Gasteiger charge is 2.04. The molecule has 0 bridgehead atoms. The summed E-state index contributed by atoms with van der Waals surface area (Å²) >= 11 is 0. The van der Waals surface area contributed by atoms with Gasteiger partial charge in [-0.05, 0) is 26.3 Å². The number of aromatic nitrogens is 2. The van der Waals surface area contributed by atoms with Crippen LogP contribution in [-0.4, -0.2) is 10.2 Å². The molecule has 0 amide bonds. The highest BCUT2D eigenvalue weighted by molar-refractivity contribution is 5.51. The van der Waals surface area contributed by atoms with Gasteiger partial charge in [-0.3, -0.25) is 5.10 Å². The summed E-state index contributed by atoms with van der Waals surface area (Å²) in [5, 5.41) is 10.5. The first kappa shape index (κ1) is 10.7. The number of hydrogen-bond acceptors (Lipinski definition) is 2. The number of nitrogens with zero attached hydrogens (tertiary/aromatic N) is 1. The first-order valence-electron chi connectivity index (χ1n) is 5.48. The van der Waals surface area contributed by atoms with Crippen molar-refractivity contribution in [3.63, 3.8) is 0 Å². The summed E-state index contributed by atoms with van der Waals surface area (Å²) in [6, 6.07) is 8.52. The van der Waals surface area contributed by atoms with Crippen LogP contribution in [0, 0.1) is 20.8 Å². The molecule has 0 radical (unpaired) electrons. The maximum Gasteiger partial charge on any atom is 0.0825 e. The Morgan fingerprint density at radius 1 is 1.25 bits per heavy atom. The lowest BCUT2D eigenvalue weighted by Crippen LogP contribution is -2.01. The number of anilines is 1. The summed E-state index contributed by atoms with van der Waals surface area (Å²) < 4.78 is 0. The van der Waals surface area contributed by atoms with Crippen molar-refractivity contribution in [2.24, 2.45) is 0 Å². The van der Waals surface area contributed by atoms with Crippen molar-refractivity contribution in [1.29, 1.82) is 0 Å². The fourth-order valence-electron chi connectivity index (χ4n) is 1.82. The maximum absolute atomic E-state index is 4.16. The molecule has 1 aromatic carbocycles. The monoisotopic (exact) mass is 215 g/mol. The van der Waals surface area contributed by atoms with Crippen LogP contribution in [0.4, 0.5) is 5.69 Å². The molecule has 0 fully saturated rings. The maximum atomic E-state index is 4.16. The van der Waals surface area contributed by atoms with Gasteiger partial charge in [-0.15, -0.1) is 0 Å². The zero-order valence-corrected chi connectivity index (χ0v) is 9.96. The van der Waals surface area contributed by atoms with Crippen LogP contribution in [0.5, 0.6) is 0 Å². The van der Waals surface area contributed by atoms with Crippen molar-refractivity contribution >= 4 is 5.69 Å². The van der Waals surface area contributed by atoms with Gasteiger partial charge in [0.05, 0.1) is 17.1 Å². The predicted octanol–water partition coefficient (Wildman–Crippen LogP) is 2.95. The van der Waals surface area contributed by atoms with Gasteiger partial charge >= 0.3 is 0 Å². The van der Waals surface area contributed by atoms with E-state index in [1.165, 1.54) is 11.1 Å². The van der Waals surface area contributed by atoms with E-state index in [1.54, 1.807) is 0 Å². The summed E-state index contributed by atoms with van der Waals surface area (Å²) in [7, 11) is 0. The Kier molecular flexibility index (Phi) is 2.95. The molecule has 1 heterocycles. The molecule has 0 spiro atoms. The normalized spacial score (nSPS) is 10.4. The van der Waals surface area contributed by atoms with Crippen LogP contribution >= 0.6 is 0 Å². The van der Waals surface area contributed by atoms with Crippen molar-refractivity contribution in [2.75, 3.05) is 5.32 Å². The molecule has 84 valence electrons. The molecule has 16 heavy (non-hydrogen) atoms. The molecular weight excluding hydrogens is 198 g/mol. The molecule has 0 aliphatic heterocycles. The first-order chi connectivity index (χ1) is 7.66. The summed E-state index contributed by atoms with van der Waals surface area (Å²) in [6.07, 6.45) is 0. The molecule has 0 unspecified atom stereocenters. The molecule has 0 aliphatic rings. The highest BCUT2D eigenvalue weighted by atomic mass is 15.1. The van der Waals surface area contributed by atoms with Crippen LogP contribution in [0.3, 0.4) is 0 Å². The molecule has 0 aliphatic carbocycles. The fourth-order valence-corrected chi connectivity index (χ4v) is 1.82. The number of benzene rings is 1. The Morgan fingerprint density at radius 3 is 2.69 bits per heavy atom. The number of aromatic amines is 1. The SMILES string of the molecule is Cc1cccc(CNc2c(C)n[nH]c2C)c1. The van der Waals surface area contributed by atoms with Crippen molar-refractivity contribution < 1.29 is 0 Å². The number of hydrogen-bond donors (Lipinski definition) is 2. The van der Waals surface area contributed by atoms with Gasteiger partial charge < -0.3 is 5.32 Å². The number of rotatable bonds is 3. The standard InChI is InChI=1S/C13H17N3/c1-9-5-4-6-12(7-9)8-14-13-10(2)15-16-11(13)3/h4-7,14H,8H2,1-3H3,(H,15,16).